The second-order valence-electron chi connectivity index (χ2n) is 8.85. The number of ether oxygens (including phenoxy) is 1. The van der Waals surface area contributed by atoms with Gasteiger partial charge >= 0.3 is 0 Å². The standard InChI is InChI=1S/C26H36F2O/c1-3-5-7-19-8-10-20(11-9-19)21-12-14-22(15-13-21)23-16-17-24(26(28)25(23)27)29-18-6-4-2/h3,14,16-17,19-21H,1,4-13,15,18H2,2H3. The first-order valence-electron chi connectivity index (χ1n) is 11.5. The van der Waals surface area contributed by atoms with Crippen LogP contribution in [-0.4, -0.2) is 6.61 Å². The third kappa shape index (κ3) is 5.71. The molecule has 29 heavy (non-hydrogen) atoms. The second kappa shape index (κ2) is 10.9. The summed E-state index contributed by atoms with van der Waals surface area (Å²) in [4.78, 5) is 0. The molecule has 1 atom stereocenters. The minimum atomic E-state index is -0.848. The van der Waals surface area contributed by atoms with Gasteiger partial charge in [0.25, 0.3) is 0 Å². The summed E-state index contributed by atoms with van der Waals surface area (Å²) in [5, 5.41) is 0. The highest BCUT2D eigenvalue weighted by atomic mass is 19.2. The van der Waals surface area contributed by atoms with Crippen molar-refractivity contribution in [2.45, 2.75) is 77.6 Å². The van der Waals surface area contributed by atoms with Gasteiger partial charge in [0.2, 0.25) is 5.82 Å². The summed E-state index contributed by atoms with van der Waals surface area (Å²) in [7, 11) is 0. The van der Waals surface area contributed by atoms with E-state index in [4.69, 9.17) is 4.74 Å². The van der Waals surface area contributed by atoms with Crippen molar-refractivity contribution >= 4 is 5.57 Å². The van der Waals surface area contributed by atoms with E-state index < -0.39 is 11.6 Å². The molecule has 0 saturated heterocycles. The molecule has 1 unspecified atom stereocenters. The number of hydrogen-bond acceptors (Lipinski definition) is 1. The van der Waals surface area contributed by atoms with Gasteiger partial charge in [-0.2, -0.15) is 4.39 Å². The minimum Gasteiger partial charge on any atom is -0.490 e. The summed E-state index contributed by atoms with van der Waals surface area (Å²) in [6.07, 6.45) is 16.7. The fourth-order valence-corrected chi connectivity index (χ4v) is 5.05. The topological polar surface area (TPSA) is 9.23 Å². The van der Waals surface area contributed by atoms with E-state index >= 15 is 0 Å². The molecule has 0 aliphatic heterocycles. The first-order chi connectivity index (χ1) is 14.1. The maximum absolute atomic E-state index is 14.6. The average molecular weight is 403 g/mol. The zero-order chi connectivity index (χ0) is 20.6. The van der Waals surface area contributed by atoms with Crippen molar-refractivity contribution in [1.29, 1.82) is 0 Å². The third-order valence-electron chi connectivity index (χ3n) is 6.94. The molecule has 2 aliphatic rings. The smallest absolute Gasteiger partial charge is 0.201 e. The van der Waals surface area contributed by atoms with E-state index in [9.17, 15) is 8.78 Å². The predicted octanol–water partition coefficient (Wildman–Crippen LogP) is 8.10. The lowest BCUT2D eigenvalue weighted by atomic mass is 9.70. The number of benzene rings is 1. The van der Waals surface area contributed by atoms with E-state index in [1.54, 1.807) is 12.1 Å². The number of hydrogen-bond donors (Lipinski definition) is 0. The van der Waals surface area contributed by atoms with Crippen LogP contribution >= 0.6 is 0 Å². The predicted molar refractivity (Wildman–Crippen MR) is 117 cm³/mol. The van der Waals surface area contributed by atoms with Crippen LogP contribution in [0.5, 0.6) is 5.75 Å². The summed E-state index contributed by atoms with van der Waals surface area (Å²) < 4.78 is 34.4. The van der Waals surface area contributed by atoms with Crippen molar-refractivity contribution in [1.82, 2.24) is 0 Å². The van der Waals surface area contributed by atoms with E-state index in [1.807, 2.05) is 13.0 Å². The van der Waals surface area contributed by atoms with Crippen LogP contribution in [0.1, 0.15) is 83.1 Å². The van der Waals surface area contributed by atoms with Crippen LogP contribution in [0.25, 0.3) is 5.57 Å². The first-order valence-corrected chi connectivity index (χ1v) is 11.5. The van der Waals surface area contributed by atoms with E-state index in [-0.39, 0.29) is 5.75 Å². The maximum atomic E-state index is 14.6. The fraction of sp³-hybridized carbons (Fsp3) is 0.615. The molecule has 0 bridgehead atoms. The number of unbranched alkanes of at least 4 members (excludes halogenated alkanes) is 1. The van der Waals surface area contributed by atoms with Crippen LogP contribution in [0.4, 0.5) is 8.78 Å². The molecule has 0 aromatic heterocycles. The fourth-order valence-electron chi connectivity index (χ4n) is 5.05. The van der Waals surface area contributed by atoms with Gasteiger partial charge < -0.3 is 4.74 Å². The monoisotopic (exact) mass is 402 g/mol. The van der Waals surface area contributed by atoms with Gasteiger partial charge in [-0.1, -0.05) is 38.3 Å². The molecular weight excluding hydrogens is 366 g/mol. The lowest BCUT2D eigenvalue weighted by Crippen LogP contribution is -2.23. The van der Waals surface area contributed by atoms with Gasteiger partial charge in [0, 0.05) is 5.56 Å². The molecule has 1 nitrogen and oxygen atoms in total. The Morgan fingerprint density at radius 1 is 1.07 bits per heavy atom. The Balaban J connectivity index is 1.57. The Bertz CT molecular complexity index is 701. The zero-order valence-electron chi connectivity index (χ0n) is 17.9. The van der Waals surface area contributed by atoms with Crippen LogP contribution in [-0.2, 0) is 0 Å². The largest absolute Gasteiger partial charge is 0.490 e. The summed E-state index contributed by atoms with van der Waals surface area (Å²) in [6.45, 7) is 6.30. The average Bonchev–Trinajstić information content (AvgIpc) is 2.76. The summed E-state index contributed by atoms with van der Waals surface area (Å²) >= 11 is 0. The molecular formula is C26H36F2O. The molecule has 3 rings (SSSR count). The van der Waals surface area contributed by atoms with Crippen molar-refractivity contribution in [2.75, 3.05) is 6.61 Å². The molecule has 0 radical (unpaired) electrons. The van der Waals surface area contributed by atoms with Crippen molar-refractivity contribution < 1.29 is 13.5 Å². The molecule has 3 heteroatoms. The molecule has 0 N–H and O–H groups in total. The molecule has 1 aromatic rings. The molecule has 0 spiro atoms. The number of halogens is 2. The summed E-state index contributed by atoms with van der Waals surface area (Å²) in [5.41, 5.74) is 1.37. The van der Waals surface area contributed by atoms with Crippen molar-refractivity contribution in [3.63, 3.8) is 0 Å². The van der Waals surface area contributed by atoms with Gasteiger partial charge in [-0.25, -0.2) is 4.39 Å². The molecule has 1 fully saturated rings. The van der Waals surface area contributed by atoms with Crippen LogP contribution in [0, 0.1) is 29.4 Å². The quantitative estimate of drug-likeness (QED) is 0.299. The van der Waals surface area contributed by atoms with Crippen LogP contribution in [0.2, 0.25) is 0 Å². The zero-order valence-corrected chi connectivity index (χ0v) is 17.9. The Hall–Kier alpha value is -1.64. The highest BCUT2D eigenvalue weighted by Crippen LogP contribution is 2.42. The van der Waals surface area contributed by atoms with Gasteiger partial charge in [-0.05, 0) is 86.8 Å². The van der Waals surface area contributed by atoms with Crippen LogP contribution < -0.4 is 4.74 Å². The normalized spacial score (nSPS) is 24.8. The number of rotatable bonds is 9. The Labute approximate surface area is 175 Å². The van der Waals surface area contributed by atoms with E-state index in [2.05, 4.69) is 12.7 Å². The molecule has 0 heterocycles. The SMILES string of the molecule is C=CCCC1CCC(C2CC=C(c3ccc(OCCCC)c(F)c3F)CC2)CC1. The summed E-state index contributed by atoms with van der Waals surface area (Å²) in [6, 6.07) is 3.28. The van der Waals surface area contributed by atoms with Gasteiger partial charge in [-0.15, -0.1) is 6.58 Å². The van der Waals surface area contributed by atoms with Crippen LogP contribution in [0.3, 0.4) is 0 Å². The molecule has 1 aromatic carbocycles. The van der Waals surface area contributed by atoms with Gasteiger partial charge in [-0.3, -0.25) is 0 Å². The summed E-state index contributed by atoms with van der Waals surface area (Å²) in [5.74, 6) is 0.787. The first kappa shape index (κ1) is 22.1. The maximum Gasteiger partial charge on any atom is 0.201 e. The number of allylic oxidation sites excluding steroid dienone is 3. The lowest BCUT2D eigenvalue weighted by Gasteiger charge is -2.35. The molecule has 1 saturated carbocycles. The Morgan fingerprint density at radius 3 is 2.52 bits per heavy atom. The van der Waals surface area contributed by atoms with E-state index in [0.717, 1.165) is 55.9 Å². The highest BCUT2D eigenvalue weighted by Gasteiger charge is 2.29. The van der Waals surface area contributed by atoms with Crippen molar-refractivity contribution in [3.8, 4) is 5.75 Å². The molecule has 0 amide bonds. The Kier molecular flexibility index (Phi) is 8.32. The van der Waals surface area contributed by atoms with Crippen LogP contribution in [0.15, 0.2) is 30.9 Å². The minimum absolute atomic E-state index is 0.0298. The highest BCUT2D eigenvalue weighted by molar-refractivity contribution is 5.67. The second-order valence-corrected chi connectivity index (χ2v) is 8.85. The Morgan fingerprint density at radius 2 is 1.86 bits per heavy atom. The van der Waals surface area contributed by atoms with Gasteiger partial charge in [0.1, 0.15) is 0 Å². The molecule has 2 aliphatic carbocycles. The third-order valence-corrected chi connectivity index (χ3v) is 6.94. The molecule has 160 valence electrons. The van der Waals surface area contributed by atoms with E-state index in [0.29, 0.717) is 18.1 Å². The van der Waals surface area contributed by atoms with Gasteiger partial charge in [0.15, 0.2) is 11.6 Å². The van der Waals surface area contributed by atoms with Gasteiger partial charge in [0.05, 0.1) is 6.61 Å². The van der Waals surface area contributed by atoms with E-state index in [1.165, 1.54) is 32.1 Å². The van der Waals surface area contributed by atoms with Crippen molar-refractivity contribution in [3.05, 3.63) is 48.1 Å². The van der Waals surface area contributed by atoms with Crippen molar-refractivity contribution in [2.24, 2.45) is 17.8 Å². The lowest BCUT2D eigenvalue weighted by molar-refractivity contribution is 0.190.